The smallest absolute Gasteiger partial charge is 0.352 e. The molecule has 0 saturated carbocycles. The van der Waals surface area contributed by atoms with Gasteiger partial charge in [0.05, 0.1) is 18.8 Å². The van der Waals surface area contributed by atoms with E-state index in [2.05, 4.69) is 20.1 Å². The average Bonchev–Trinajstić information content (AvgIpc) is 3.08. The topological polar surface area (TPSA) is 171 Å². The monoisotopic (exact) mass is 456 g/mol. The van der Waals surface area contributed by atoms with Crippen molar-refractivity contribution in [3.63, 3.8) is 0 Å². The number of anilines is 1. The van der Waals surface area contributed by atoms with Crippen molar-refractivity contribution in [1.82, 2.24) is 9.55 Å². The van der Waals surface area contributed by atoms with Gasteiger partial charge in [0.1, 0.15) is 6.23 Å². The Morgan fingerprint density at radius 3 is 2.83 bits per heavy atom. The van der Waals surface area contributed by atoms with Crippen LogP contribution in [0.1, 0.15) is 18.2 Å². The Morgan fingerprint density at radius 2 is 2.17 bits per heavy atom. The minimum absolute atomic E-state index is 0.115. The summed E-state index contributed by atoms with van der Waals surface area (Å²) in [4.78, 5) is 38.6. The Hall–Kier alpha value is -2.59. The molecule has 12 nitrogen and oxygen atoms in total. The lowest BCUT2D eigenvalue weighted by molar-refractivity contribution is -0.0237. The molecule has 4 atom stereocenters. The van der Waals surface area contributed by atoms with Gasteiger partial charge in [0.25, 0.3) is 5.56 Å². The van der Waals surface area contributed by atoms with E-state index in [0.717, 1.165) is 0 Å². The molecule has 0 aliphatic carbocycles. The molecular weight excluding hydrogens is 439 g/mol. The van der Waals surface area contributed by atoms with Gasteiger partial charge >= 0.3 is 13.4 Å². The van der Waals surface area contributed by atoms with Crippen molar-refractivity contribution in [2.24, 2.45) is 5.11 Å². The van der Waals surface area contributed by atoms with E-state index >= 15 is 0 Å². The third-order valence-electron chi connectivity index (χ3n) is 4.39. The van der Waals surface area contributed by atoms with Gasteiger partial charge in [-0.3, -0.25) is 24.0 Å². The number of benzene rings is 1. The first-order valence-electron chi connectivity index (χ1n) is 8.71. The van der Waals surface area contributed by atoms with Crippen LogP contribution in [0.3, 0.4) is 0 Å². The summed E-state index contributed by atoms with van der Waals surface area (Å²) in [6, 6.07) is 5.33. The zero-order chi connectivity index (χ0) is 21.9. The van der Waals surface area contributed by atoms with E-state index in [4.69, 9.17) is 26.4 Å². The van der Waals surface area contributed by atoms with Gasteiger partial charge < -0.3 is 9.63 Å². The molecule has 2 unspecified atom stereocenters. The van der Waals surface area contributed by atoms with Gasteiger partial charge in [-0.1, -0.05) is 16.7 Å². The predicted octanol–water partition coefficient (Wildman–Crippen LogP) is 2.69. The summed E-state index contributed by atoms with van der Waals surface area (Å²) in [5, 5.41) is 6.45. The van der Waals surface area contributed by atoms with E-state index in [-0.39, 0.29) is 13.0 Å². The number of rotatable bonds is 7. The zero-order valence-corrected chi connectivity index (χ0v) is 17.3. The quantitative estimate of drug-likeness (QED) is 0.248. The van der Waals surface area contributed by atoms with E-state index < -0.39 is 37.4 Å². The Morgan fingerprint density at radius 1 is 1.47 bits per heavy atom. The lowest BCUT2D eigenvalue weighted by atomic mass is 10.1. The normalized spacial score (nSPS) is 22.8. The highest BCUT2D eigenvalue weighted by molar-refractivity contribution is 7.54. The molecule has 1 aromatic heterocycles. The molecule has 14 heteroatoms. The van der Waals surface area contributed by atoms with Crippen LogP contribution in [0, 0.1) is 6.92 Å². The molecule has 0 radical (unpaired) electrons. The number of H-pyrrole nitrogens is 1. The largest absolute Gasteiger partial charge is 0.430 e. The molecule has 1 saturated heterocycles. The first-order valence-corrected chi connectivity index (χ1v) is 10.7. The maximum atomic E-state index is 12.3. The van der Waals surface area contributed by atoms with Crippen molar-refractivity contribution in [2.75, 3.05) is 11.7 Å². The molecule has 0 amide bonds. The molecule has 3 N–H and O–H groups in total. The van der Waals surface area contributed by atoms with Crippen LogP contribution < -0.4 is 16.3 Å². The maximum absolute atomic E-state index is 12.3. The number of azide groups is 1. The van der Waals surface area contributed by atoms with Crippen LogP contribution in [0.5, 0.6) is 0 Å². The van der Waals surface area contributed by atoms with E-state index in [0.29, 0.717) is 16.3 Å². The molecular formula is C16H18ClN6O6P. The van der Waals surface area contributed by atoms with E-state index in [9.17, 15) is 19.0 Å². The number of halogens is 1. The van der Waals surface area contributed by atoms with Crippen LogP contribution in [-0.2, 0) is 13.8 Å². The summed E-state index contributed by atoms with van der Waals surface area (Å²) in [5.74, 6) is 0. The highest BCUT2D eigenvalue weighted by Gasteiger charge is 2.38. The van der Waals surface area contributed by atoms with Crippen LogP contribution in [0.4, 0.5) is 5.69 Å². The molecule has 0 spiro atoms. The second-order valence-electron chi connectivity index (χ2n) is 6.55. The molecule has 3 rings (SSSR count). The highest BCUT2D eigenvalue weighted by Crippen LogP contribution is 2.43. The molecule has 2 heterocycles. The number of ether oxygens (including phenoxy) is 1. The van der Waals surface area contributed by atoms with Gasteiger partial charge in [0.15, 0.2) is 0 Å². The first kappa shape index (κ1) is 22.1. The van der Waals surface area contributed by atoms with Crippen molar-refractivity contribution >= 4 is 25.0 Å². The predicted molar refractivity (Wildman–Crippen MR) is 108 cm³/mol. The third kappa shape index (κ3) is 5.31. The van der Waals surface area contributed by atoms with E-state index in [1.54, 1.807) is 0 Å². The summed E-state index contributed by atoms with van der Waals surface area (Å²) < 4.78 is 24.3. The third-order valence-corrected chi connectivity index (χ3v) is 5.68. The van der Waals surface area contributed by atoms with Gasteiger partial charge in [0, 0.05) is 33.8 Å². The molecule has 0 bridgehead atoms. The molecule has 1 fully saturated rings. The van der Waals surface area contributed by atoms with Crippen LogP contribution in [0.25, 0.3) is 10.4 Å². The second kappa shape index (κ2) is 9.05. The number of aromatic nitrogens is 2. The number of aryl methyl sites for hydroxylation is 1. The minimum Gasteiger partial charge on any atom is -0.352 e. The molecule has 30 heavy (non-hydrogen) atoms. The lowest BCUT2D eigenvalue weighted by Gasteiger charge is -2.19. The fraction of sp³-hybridized carbons (Fsp3) is 0.375. The number of aromatic amines is 1. The van der Waals surface area contributed by atoms with Gasteiger partial charge in [-0.05, 0) is 36.7 Å². The first-order chi connectivity index (χ1) is 14.2. The van der Waals surface area contributed by atoms with Gasteiger partial charge in [-0.2, -0.15) is 0 Å². The minimum atomic E-state index is -4.27. The Bertz CT molecular complexity index is 1130. The Balaban J connectivity index is 1.71. The molecule has 1 aromatic carbocycles. The highest BCUT2D eigenvalue weighted by atomic mass is 35.5. The number of hydrogen-bond acceptors (Lipinski definition) is 6. The van der Waals surface area contributed by atoms with Crippen LogP contribution in [0.15, 0.2) is 45.2 Å². The fourth-order valence-electron chi connectivity index (χ4n) is 2.92. The summed E-state index contributed by atoms with van der Waals surface area (Å²) in [5.41, 5.74) is 8.21. The maximum Gasteiger partial charge on any atom is 0.430 e. The van der Waals surface area contributed by atoms with E-state index in [1.807, 2.05) is 0 Å². The summed E-state index contributed by atoms with van der Waals surface area (Å²) in [7, 11) is -4.27. The van der Waals surface area contributed by atoms with Crippen molar-refractivity contribution in [3.05, 3.63) is 72.3 Å². The second-order valence-corrected chi connectivity index (χ2v) is 8.51. The van der Waals surface area contributed by atoms with Gasteiger partial charge in [-0.25, -0.2) is 9.36 Å². The number of hydrogen-bond donors (Lipinski definition) is 3. The summed E-state index contributed by atoms with van der Waals surface area (Å²) >= 11 is 5.78. The summed E-state index contributed by atoms with van der Waals surface area (Å²) in [6.45, 7) is 1.14. The van der Waals surface area contributed by atoms with Gasteiger partial charge in [0.2, 0.25) is 0 Å². The SMILES string of the molecule is Cc1cn([C@H]2CC(N=[N+]=[N-])[C@@H](COP(=O)(O)Nc3ccc(Cl)cc3)O2)c(=O)[nH]c1=O. The van der Waals surface area contributed by atoms with Gasteiger partial charge in [-0.15, -0.1) is 0 Å². The summed E-state index contributed by atoms with van der Waals surface area (Å²) in [6.07, 6.45) is -0.289. The lowest BCUT2D eigenvalue weighted by Crippen LogP contribution is -2.33. The van der Waals surface area contributed by atoms with E-state index in [1.165, 1.54) is 42.0 Å². The molecule has 1 aliphatic heterocycles. The fourth-order valence-corrected chi connectivity index (χ4v) is 3.93. The number of nitrogens with zero attached hydrogens (tertiary/aromatic N) is 4. The molecule has 1 aliphatic rings. The zero-order valence-electron chi connectivity index (χ0n) is 15.6. The van der Waals surface area contributed by atoms with Crippen LogP contribution in [0.2, 0.25) is 5.02 Å². The standard InChI is InChI=1S/C16H18ClN6O6P/c1-9-7-23(16(25)19-15(9)24)14-6-12(20-22-18)13(29-14)8-28-30(26,27)21-11-4-2-10(17)3-5-11/h2-5,7,12-14H,6,8H2,1H3,(H,19,24,25)(H2,21,26,27)/t12?,13-,14-/m1/s1. The Kier molecular flexibility index (Phi) is 6.67. The molecule has 2 aromatic rings. The van der Waals surface area contributed by atoms with Crippen molar-refractivity contribution in [3.8, 4) is 0 Å². The Labute approximate surface area is 174 Å². The van der Waals surface area contributed by atoms with Crippen molar-refractivity contribution in [1.29, 1.82) is 0 Å². The molecule has 160 valence electrons. The van der Waals surface area contributed by atoms with Crippen molar-refractivity contribution in [2.45, 2.75) is 31.7 Å². The van der Waals surface area contributed by atoms with Crippen molar-refractivity contribution < 1.29 is 18.7 Å². The van der Waals surface area contributed by atoms with Crippen LogP contribution >= 0.6 is 19.3 Å². The van der Waals surface area contributed by atoms with Crippen LogP contribution in [-0.4, -0.2) is 33.2 Å². The average molecular weight is 457 g/mol. The number of nitrogens with one attached hydrogen (secondary N) is 2.